The van der Waals surface area contributed by atoms with Gasteiger partial charge in [-0.2, -0.15) is 0 Å². The fourth-order valence-electron chi connectivity index (χ4n) is 3.68. The average Bonchev–Trinajstić information content (AvgIpc) is 2.72. The Morgan fingerprint density at radius 2 is 1.63 bits per heavy atom. The van der Waals surface area contributed by atoms with Crippen molar-refractivity contribution in [3.05, 3.63) is 54.6 Å². The molecule has 8 heteroatoms. The quantitative estimate of drug-likeness (QED) is 0.731. The summed E-state index contributed by atoms with van der Waals surface area (Å²) >= 11 is 0. The molecule has 3 rings (SSSR count). The minimum absolute atomic E-state index is 0.348. The highest BCUT2D eigenvalue weighted by Crippen LogP contribution is 2.24. The molecule has 0 aromatic heterocycles. The maximum absolute atomic E-state index is 13.0. The largest absolute Gasteiger partial charge is 0.369 e. The molecule has 7 nitrogen and oxygen atoms in total. The van der Waals surface area contributed by atoms with Gasteiger partial charge in [0.15, 0.2) is 0 Å². The number of carbonyl (C=O) groups is 1. The lowest BCUT2D eigenvalue weighted by Gasteiger charge is -2.34. The zero-order valence-electron chi connectivity index (χ0n) is 17.8. The van der Waals surface area contributed by atoms with Crippen LogP contribution < -0.4 is 14.5 Å². The molecule has 0 spiro atoms. The van der Waals surface area contributed by atoms with Gasteiger partial charge in [-0.05, 0) is 49.9 Å². The SMILES string of the molecule is CCC(C(=O)Nc1ccc(N2CCN(C)CC2)cc1)N(c1ccccc1)S(C)(=O)=O. The maximum Gasteiger partial charge on any atom is 0.248 e. The van der Waals surface area contributed by atoms with E-state index in [0.29, 0.717) is 17.8 Å². The van der Waals surface area contributed by atoms with Crippen LogP contribution in [0.15, 0.2) is 54.6 Å². The first-order valence-electron chi connectivity index (χ1n) is 10.2. The highest BCUT2D eigenvalue weighted by Gasteiger charge is 2.31. The van der Waals surface area contributed by atoms with Crippen molar-refractivity contribution in [2.24, 2.45) is 0 Å². The number of piperazine rings is 1. The normalized spacial score (nSPS) is 16.2. The van der Waals surface area contributed by atoms with E-state index in [1.807, 2.05) is 37.3 Å². The molecule has 0 bridgehead atoms. The lowest BCUT2D eigenvalue weighted by molar-refractivity contribution is -0.117. The molecule has 162 valence electrons. The summed E-state index contributed by atoms with van der Waals surface area (Å²) in [6, 6.07) is 15.6. The molecule has 1 aliphatic heterocycles. The Labute approximate surface area is 179 Å². The highest BCUT2D eigenvalue weighted by molar-refractivity contribution is 7.92. The Morgan fingerprint density at radius 1 is 1.03 bits per heavy atom. The van der Waals surface area contributed by atoms with Crippen LogP contribution >= 0.6 is 0 Å². The second-order valence-electron chi connectivity index (χ2n) is 7.64. The van der Waals surface area contributed by atoms with E-state index in [0.717, 1.165) is 38.1 Å². The standard InChI is InChI=1S/C22H30N4O3S/c1-4-21(26(30(3,28)29)20-8-6-5-7-9-20)22(27)23-18-10-12-19(13-11-18)25-16-14-24(2)15-17-25/h5-13,21H,4,14-17H2,1-3H3,(H,23,27). The van der Waals surface area contributed by atoms with Crippen molar-refractivity contribution in [1.29, 1.82) is 0 Å². The molecule has 1 heterocycles. The molecule has 2 aromatic carbocycles. The fraction of sp³-hybridized carbons (Fsp3) is 0.409. The summed E-state index contributed by atoms with van der Waals surface area (Å²) in [5, 5.41) is 2.88. The fourth-order valence-corrected chi connectivity index (χ4v) is 4.89. The topological polar surface area (TPSA) is 73.0 Å². The smallest absolute Gasteiger partial charge is 0.248 e. The van der Waals surface area contributed by atoms with Gasteiger partial charge in [0.2, 0.25) is 15.9 Å². The van der Waals surface area contributed by atoms with Crippen LogP contribution in [0.5, 0.6) is 0 Å². The summed E-state index contributed by atoms with van der Waals surface area (Å²) in [5.41, 5.74) is 2.25. The summed E-state index contributed by atoms with van der Waals surface area (Å²) < 4.78 is 26.1. The molecule has 1 atom stereocenters. The average molecular weight is 431 g/mol. The van der Waals surface area contributed by atoms with E-state index >= 15 is 0 Å². The van der Waals surface area contributed by atoms with Crippen LogP contribution in [0.4, 0.5) is 17.1 Å². The molecule has 30 heavy (non-hydrogen) atoms. The number of rotatable bonds is 7. The van der Waals surface area contributed by atoms with Gasteiger partial charge >= 0.3 is 0 Å². The van der Waals surface area contributed by atoms with Crippen molar-refractivity contribution in [3.63, 3.8) is 0 Å². The van der Waals surface area contributed by atoms with Crippen LogP contribution in [0, 0.1) is 0 Å². The number of para-hydroxylation sites is 1. The number of hydrogen-bond donors (Lipinski definition) is 1. The molecule has 1 fully saturated rings. The lowest BCUT2D eigenvalue weighted by Crippen LogP contribution is -2.47. The van der Waals surface area contributed by atoms with Crippen molar-refractivity contribution in [2.45, 2.75) is 19.4 Å². The molecule has 1 N–H and O–H groups in total. The van der Waals surface area contributed by atoms with E-state index < -0.39 is 16.1 Å². The van der Waals surface area contributed by atoms with Crippen molar-refractivity contribution < 1.29 is 13.2 Å². The van der Waals surface area contributed by atoms with Crippen LogP contribution in [0.3, 0.4) is 0 Å². The first-order valence-corrected chi connectivity index (χ1v) is 12.0. The predicted molar refractivity (Wildman–Crippen MR) is 123 cm³/mol. The third-order valence-electron chi connectivity index (χ3n) is 5.34. The lowest BCUT2D eigenvalue weighted by atomic mass is 10.1. The van der Waals surface area contributed by atoms with Gasteiger partial charge in [0.1, 0.15) is 6.04 Å². The van der Waals surface area contributed by atoms with E-state index in [9.17, 15) is 13.2 Å². The van der Waals surface area contributed by atoms with Gasteiger partial charge in [-0.1, -0.05) is 25.1 Å². The molecule has 1 aliphatic rings. The van der Waals surface area contributed by atoms with Crippen molar-refractivity contribution >= 4 is 33.0 Å². The van der Waals surface area contributed by atoms with Crippen LogP contribution in [-0.4, -0.2) is 64.7 Å². The number of carbonyl (C=O) groups excluding carboxylic acids is 1. The van der Waals surface area contributed by atoms with Gasteiger partial charge in [0.05, 0.1) is 11.9 Å². The number of sulfonamides is 1. The van der Waals surface area contributed by atoms with Crippen LogP contribution in [0.25, 0.3) is 0 Å². The van der Waals surface area contributed by atoms with Gasteiger partial charge in [0, 0.05) is 37.6 Å². The molecule has 0 radical (unpaired) electrons. The van der Waals surface area contributed by atoms with Crippen molar-refractivity contribution in [2.75, 3.05) is 54.0 Å². The number of nitrogens with zero attached hydrogens (tertiary/aromatic N) is 3. The summed E-state index contributed by atoms with van der Waals surface area (Å²) in [7, 11) is -1.51. The minimum Gasteiger partial charge on any atom is -0.369 e. The zero-order chi connectivity index (χ0) is 21.7. The Bertz CT molecular complexity index is 940. The van der Waals surface area contributed by atoms with Gasteiger partial charge in [-0.3, -0.25) is 9.10 Å². The first-order chi connectivity index (χ1) is 14.3. The summed E-state index contributed by atoms with van der Waals surface area (Å²) in [4.78, 5) is 17.6. The van der Waals surface area contributed by atoms with Gasteiger partial charge in [-0.25, -0.2) is 8.42 Å². The van der Waals surface area contributed by atoms with Gasteiger partial charge in [0.25, 0.3) is 0 Å². The summed E-state index contributed by atoms with van der Waals surface area (Å²) in [6.07, 6.45) is 1.48. The number of anilines is 3. The third-order valence-corrected chi connectivity index (χ3v) is 6.52. The molecular weight excluding hydrogens is 400 g/mol. The molecule has 1 saturated heterocycles. The van der Waals surface area contributed by atoms with E-state index in [-0.39, 0.29) is 5.91 Å². The Kier molecular flexibility index (Phi) is 6.99. The van der Waals surface area contributed by atoms with E-state index in [2.05, 4.69) is 22.2 Å². The third kappa shape index (κ3) is 5.31. The molecule has 0 aliphatic carbocycles. The molecule has 2 aromatic rings. The van der Waals surface area contributed by atoms with Gasteiger partial charge in [-0.15, -0.1) is 0 Å². The molecule has 1 amide bonds. The van der Waals surface area contributed by atoms with Crippen LogP contribution in [-0.2, 0) is 14.8 Å². The Hall–Kier alpha value is -2.58. The van der Waals surface area contributed by atoms with E-state index in [1.54, 1.807) is 24.3 Å². The predicted octanol–water partition coefficient (Wildman–Crippen LogP) is 2.62. The van der Waals surface area contributed by atoms with Crippen molar-refractivity contribution in [1.82, 2.24) is 4.90 Å². The number of hydrogen-bond acceptors (Lipinski definition) is 5. The number of benzene rings is 2. The first kappa shape index (κ1) is 22.1. The van der Waals surface area contributed by atoms with Crippen molar-refractivity contribution in [3.8, 4) is 0 Å². The summed E-state index contributed by atoms with van der Waals surface area (Å²) in [6.45, 7) is 5.80. The zero-order valence-corrected chi connectivity index (χ0v) is 18.6. The van der Waals surface area contributed by atoms with Gasteiger partial charge < -0.3 is 15.1 Å². The molecular formula is C22H30N4O3S. The highest BCUT2D eigenvalue weighted by atomic mass is 32.2. The van der Waals surface area contributed by atoms with Crippen LogP contribution in [0.1, 0.15) is 13.3 Å². The van der Waals surface area contributed by atoms with Crippen LogP contribution in [0.2, 0.25) is 0 Å². The number of likely N-dealkylation sites (N-methyl/N-ethyl adjacent to an activating group) is 1. The Balaban J connectivity index is 1.74. The summed E-state index contributed by atoms with van der Waals surface area (Å²) in [5.74, 6) is -0.348. The molecule has 0 saturated carbocycles. The number of nitrogens with one attached hydrogen (secondary N) is 1. The monoisotopic (exact) mass is 430 g/mol. The maximum atomic E-state index is 13.0. The Morgan fingerprint density at radius 3 is 2.17 bits per heavy atom. The molecule has 1 unspecified atom stereocenters. The second-order valence-corrected chi connectivity index (χ2v) is 9.50. The van der Waals surface area contributed by atoms with E-state index in [1.165, 1.54) is 4.31 Å². The van der Waals surface area contributed by atoms with E-state index in [4.69, 9.17) is 0 Å². The number of amides is 1. The minimum atomic E-state index is -3.63. The second kappa shape index (κ2) is 9.49.